The van der Waals surface area contributed by atoms with Gasteiger partial charge in [0, 0.05) is 49.6 Å². The molecule has 1 atom stereocenters. The normalized spacial score (nSPS) is 14.9. The van der Waals surface area contributed by atoms with Crippen molar-refractivity contribution in [3.63, 3.8) is 0 Å². The Morgan fingerprint density at radius 3 is 2.44 bits per heavy atom. The van der Waals surface area contributed by atoms with Gasteiger partial charge in [-0.1, -0.05) is 0 Å². The zero-order chi connectivity index (χ0) is 22.7. The number of rotatable bonds is 6. The van der Waals surface area contributed by atoms with Crippen LogP contribution < -0.4 is 10.2 Å². The van der Waals surface area contributed by atoms with E-state index in [2.05, 4.69) is 20.7 Å². The Balaban J connectivity index is 1.35. The maximum Gasteiger partial charge on any atom is 0.269 e. The zero-order valence-corrected chi connectivity index (χ0v) is 17.0. The van der Waals surface area contributed by atoms with Gasteiger partial charge in [0.05, 0.1) is 11.5 Å². The first-order chi connectivity index (χ1) is 15.5. The van der Waals surface area contributed by atoms with Crippen molar-refractivity contribution in [1.29, 1.82) is 0 Å². The summed E-state index contributed by atoms with van der Waals surface area (Å²) in [7, 11) is 0. The highest BCUT2D eigenvalue weighted by atomic mass is 16.6. The number of aliphatic hydroxyl groups is 1. The van der Waals surface area contributed by atoms with Crippen LogP contribution in [0.4, 0.5) is 11.4 Å². The lowest BCUT2D eigenvalue weighted by molar-refractivity contribution is -0.384. The number of piperazine rings is 1. The predicted octanol–water partition coefficient (Wildman–Crippen LogP) is 0.306. The lowest BCUT2D eigenvalue weighted by atomic mass is 10.1. The number of carbonyl (C=O) groups excluding carboxylic acids is 2. The van der Waals surface area contributed by atoms with E-state index in [0.717, 1.165) is 5.69 Å². The Morgan fingerprint density at radius 2 is 1.78 bits per heavy atom. The van der Waals surface area contributed by atoms with Crippen LogP contribution in [0.1, 0.15) is 10.4 Å². The lowest BCUT2D eigenvalue weighted by Gasteiger charge is -2.37. The molecule has 3 N–H and O–H groups in total. The highest BCUT2D eigenvalue weighted by Crippen LogP contribution is 2.21. The second-order valence-corrected chi connectivity index (χ2v) is 7.32. The molecule has 1 saturated heterocycles. The number of amides is 2. The van der Waals surface area contributed by atoms with Crippen LogP contribution in [0.2, 0.25) is 0 Å². The van der Waals surface area contributed by atoms with Crippen LogP contribution in [-0.4, -0.2) is 81.0 Å². The number of nitro groups is 1. The van der Waals surface area contributed by atoms with Gasteiger partial charge in [0.2, 0.25) is 5.91 Å². The number of hydrogen-bond acceptors (Lipinski definition) is 8. The molecule has 0 radical (unpaired) electrons. The van der Waals surface area contributed by atoms with E-state index in [1.165, 1.54) is 12.1 Å². The summed E-state index contributed by atoms with van der Waals surface area (Å²) in [5.41, 5.74) is 2.29. The number of nitro benzene ring substituents is 1. The summed E-state index contributed by atoms with van der Waals surface area (Å²) in [6.07, 6.45) is 0. The van der Waals surface area contributed by atoms with E-state index < -0.39 is 23.5 Å². The third-order valence-corrected chi connectivity index (χ3v) is 5.38. The predicted molar refractivity (Wildman–Crippen MR) is 114 cm³/mol. The van der Waals surface area contributed by atoms with Crippen LogP contribution in [0.3, 0.4) is 0 Å². The minimum absolute atomic E-state index is 0.0202. The van der Waals surface area contributed by atoms with E-state index in [1.54, 1.807) is 35.2 Å². The lowest BCUT2D eigenvalue weighted by Crippen LogP contribution is -2.56. The molecule has 0 bridgehead atoms. The van der Waals surface area contributed by atoms with Gasteiger partial charge in [-0.3, -0.25) is 19.7 Å². The highest BCUT2D eigenvalue weighted by Gasteiger charge is 2.29. The third-order valence-electron chi connectivity index (χ3n) is 5.38. The minimum atomic E-state index is -1.07. The van der Waals surface area contributed by atoms with Crippen LogP contribution >= 0.6 is 0 Å². The van der Waals surface area contributed by atoms with Crippen molar-refractivity contribution in [3.8, 4) is 0 Å². The molecule has 4 rings (SSSR count). The van der Waals surface area contributed by atoms with Crippen LogP contribution in [0.15, 0.2) is 42.5 Å². The van der Waals surface area contributed by atoms with Gasteiger partial charge in [-0.15, -0.1) is 0 Å². The van der Waals surface area contributed by atoms with Gasteiger partial charge in [-0.25, -0.2) is 0 Å². The molecular formula is C20H21N7O5. The van der Waals surface area contributed by atoms with Crippen molar-refractivity contribution in [2.24, 2.45) is 0 Å². The van der Waals surface area contributed by atoms with E-state index in [-0.39, 0.29) is 11.6 Å². The second-order valence-electron chi connectivity index (χ2n) is 7.32. The van der Waals surface area contributed by atoms with E-state index in [1.807, 2.05) is 4.90 Å². The maximum absolute atomic E-state index is 12.9. The molecule has 3 aromatic rings. The molecule has 2 heterocycles. The number of H-pyrrole nitrogens is 1. The fourth-order valence-corrected chi connectivity index (χ4v) is 3.60. The zero-order valence-electron chi connectivity index (χ0n) is 17.0. The quantitative estimate of drug-likeness (QED) is 0.366. The summed E-state index contributed by atoms with van der Waals surface area (Å²) in [6.45, 7) is 1.32. The first kappa shape index (κ1) is 21.2. The maximum atomic E-state index is 12.9. The van der Waals surface area contributed by atoms with Gasteiger partial charge in [0.15, 0.2) is 0 Å². The smallest absolute Gasteiger partial charge is 0.269 e. The molecule has 166 valence electrons. The van der Waals surface area contributed by atoms with Gasteiger partial charge in [0.25, 0.3) is 11.6 Å². The monoisotopic (exact) mass is 439 g/mol. The molecule has 0 saturated carbocycles. The molecule has 1 aliphatic heterocycles. The standard InChI is InChI=1S/C20H21N7O5/c28-12-18(21-19(29)13-1-6-16-17(11-13)23-24-22-16)20(30)26-9-7-25(8-10-26)14-2-4-15(5-3-14)27(31)32/h1-6,11,18,28H,7-10,12H2,(H,21,29)(H,22,23,24)/t18-/m0/s1. The van der Waals surface area contributed by atoms with Gasteiger partial charge in [-0.05, 0) is 30.3 Å². The Bertz CT molecular complexity index is 1140. The van der Waals surface area contributed by atoms with Gasteiger partial charge in [-0.2, -0.15) is 15.4 Å². The fourth-order valence-electron chi connectivity index (χ4n) is 3.60. The average molecular weight is 439 g/mol. The molecule has 1 aromatic heterocycles. The van der Waals surface area contributed by atoms with Crippen molar-refractivity contribution in [2.45, 2.75) is 6.04 Å². The Morgan fingerprint density at radius 1 is 1.09 bits per heavy atom. The summed E-state index contributed by atoms with van der Waals surface area (Å²) in [4.78, 5) is 39.4. The molecule has 0 spiro atoms. The first-order valence-corrected chi connectivity index (χ1v) is 9.96. The van der Waals surface area contributed by atoms with Crippen molar-refractivity contribution in [2.75, 3.05) is 37.7 Å². The summed E-state index contributed by atoms with van der Waals surface area (Å²) in [6, 6.07) is 9.94. The number of aromatic amines is 1. The number of carbonyl (C=O) groups is 2. The number of benzene rings is 2. The van der Waals surface area contributed by atoms with Gasteiger partial charge in [0.1, 0.15) is 17.1 Å². The first-order valence-electron chi connectivity index (χ1n) is 9.96. The number of nitrogens with one attached hydrogen (secondary N) is 2. The molecule has 32 heavy (non-hydrogen) atoms. The summed E-state index contributed by atoms with van der Waals surface area (Å²) in [5.74, 6) is -0.862. The molecule has 12 heteroatoms. The number of anilines is 1. The molecule has 0 unspecified atom stereocenters. The van der Waals surface area contributed by atoms with E-state index >= 15 is 0 Å². The summed E-state index contributed by atoms with van der Waals surface area (Å²) >= 11 is 0. The topological polar surface area (TPSA) is 158 Å². The van der Waals surface area contributed by atoms with Crippen LogP contribution in [0.25, 0.3) is 11.0 Å². The number of aliphatic hydroxyl groups excluding tert-OH is 1. The summed E-state index contributed by atoms with van der Waals surface area (Å²) in [5, 5.41) is 33.4. The van der Waals surface area contributed by atoms with Crippen LogP contribution in [0, 0.1) is 10.1 Å². The minimum Gasteiger partial charge on any atom is -0.394 e. The Kier molecular flexibility index (Phi) is 5.94. The van der Waals surface area contributed by atoms with Gasteiger partial charge >= 0.3 is 0 Å². The number of nitrogens with zero attached hydrogens (tertiary/aromatic N) is 5. The summed E-state index contributed by atoms with van der Waals surface area (Å²) < 4.78 is 0. The number of non-ortho nitro benzene ring substituents is 1. The van der Waals surface area contributed by atoms with Crippen LogP contribution in [-0.2, 0) is 4.79 Å². The fraction of sp³-hybridized carbons (Fsp3) is 0.300. The van der Waals surface area contributed by atoms with Crippen molar-refractivity contribution >= 4 is 34.2 Å². The van der Waals surface area contributed by atoms with E-state index in [4.69, 9.17) is 0 Å². The molecular weight excluding hydrogens is 418 g/mol. The molecule has 12 nitrogen and oxygen atoms in total. The second kappa shape index (κ2) is 8.98. The van der Waals surface area contributed by atoms with E-state index in [0.29, 0.717) is 42.8 Å². The molecule has 1 fully saturated rings. The van der Waals surface area contributed by atoms with Crippen molar-refractivity contribution in [3.05, 3.63) is 58.1 Å². The third kappa shape index (κ3) is 4.34. The molecule has 2 aromatic carbocycles. The van der Waals surface area contributed by atoms with Crippen molar-refractivity contribution in [1.82, 2.24) is 25.6 Å². The van der Waals surface area contributed by atoms with Crippen molar-refractivity contribution < 1.29 is 19.6 Å². The average Bonchev–Trinajstić information content (AvgIpc) is 3.30. The number of fused-ring (bicyclic) bond motifs is 1. The number of aromatic nitrogens is 3. The number of hydrogen-bond donors (Lipinski definition) is 3. The molecule has 1 aliphatic rings. The molecule has 2 amide bonds. The highest BCUT2D eigenvalue weighted by molar-refractivity contribution is 5.99. The Labute approximate surface area is 182 Å². The van der Waals surface area contributed by atoms with E-state index in [9.17, 15) is 24.8 Å². The van der Waals surface area contributed by atoms with Crippen LogP contribution in [0.5, 0.6) is 0 Å². The molecule has 0 aliphatic carbocycles. The largest absolute Gasteiger partial charge is 0.394 e. The van der Waals surface area contributed by atoms with Gasteiger partial charge < -0.3 is 20.2 Å². The Hall–Kier alpha value is -4.06. The SMILES string of the molecule is O=C(N[C@@H](CO)C(=O)N1CCN(c2ccc([N+](=O)[O-])cc2)CC1)c1ccc2n[nH]nc2c1.